The lowest BCUT2D eigenvalue weighted by molar-refractivity contribution is 0.242. The summed E-state index contributed by atoms with van der Waals surface area (Å²) in [4.78, 5) is 2.71. The van der Waals surface area contributed by atoms with Crippen LogP contribution in [0.1, 0.15) is 5.56 Å². The Balaban J connectivity index is 2.00. The van der Waals surface area contributed by atoms with E-state index < -0.39 is 11.6 Å². The molecule has 2 aromatic rings. The van der Waals surface area contributed by atoms with Crippen molar-refractivity contribution < 1.29 is 13.5 Å². The van der Waals surface area contributed by atoms with Crippen molar-refractivity contribution in [1.29, 1.82) is 0 Å². The third-order valence-corrected chi connectivity index (χ3v) is 3.40. The summed E-state index contributed by atoms with van der Waals surface area (Å²) >= 11 is 0. The van der Waals surface area contributed by atoms with E-state index in [9.17, 15) is 8.78 Å². The summed E-state index contributed by atoms with van der Waals surface area (Å²) in [7, 11) is 0. The highest BCUT2D eigenvalue weighted by atomic mass is 19.1. The smallest absolute Gasteiger partial charge is 0.134 e. The fourth-order valence-corrected chi connectivity index (χ4v) is 2.49. The number of para-hydroxylation sites is 1. The second kappa shape index (κ2) is 5.42. The number of rotatable bonds is 3. The van der Waals surface area contributed by atoms with Crippen LogP contribution in [0.4, 0.5) is 8.78 Å². The lowest BCUT2D eigenvalue weighted by Gasteiger charge is -2.11. The Kier molecular flexibility index (Phi) is 3.46. The molecule has 0 saturated carbocycles. The summed E-state index contributed by atoms with van der Waals surface area (Å²) in [5, 5.41) is 3.50. The highest BCUT2D eigenvalue weighted by Crippen LogP contribution is 2.39. The van der Waals surface area contributed by atoms with Crippen LogP contribution in [0.2, 0.25) is 0 Å². The van der Waals surface area contributed by atoms with Crippen LogP contribution in [0.3, 0.4) is 0 Å². The molecule has 0 aliphatic carbocycles. The van der Waals surface area contributed by atoms with Crippen molar-refractivity contribution in [2.24, 2.45) is 5.11 Å². The molecule has 106 valence electrons. The second-order valence-electron chi connectivity index (χ2n) is 4.78. The van der Waals surface area contributed by atoms with Crippen LogP contribution in [0.25, 0.3) is 21.6 Å². The number of benzene rings is 2. The molecule has 1 unspecified atom stereocenters. The predicted molar refractivity (Wildman–Crippen MR) is 73.9 cm³/mol. The van der Waals surface area contributed by atoms with Gasteiger partial charge in [0.2, 0.25) is 0 Å². The van der Waals surface area contributed by atoms with Gasteiger partial charge in [-0.3, -0.25) is 0 Å². The van der Waals surface area contributed by atoms with Crippen molar-refractivity contribution in [1.82, 2.24) is 0 Å². The molecular formula is C15H11F2N3O. The second-order valence-corrected chi connectivity index (χ2v) is 4.78. The monoisotopic (exact) mass is 287 g/mol. The third kappa shape index (κ3) is 2.53. The molecule has 0 saturated heterocycles. The molecule has 1 heterocycles. The molecule has 0 radical (unpaired) electrons. The summed E-state index contributed by atoms with van der Waals surface area (Å²) in [6, 6.07) is 8.87. The number of ether oxygens (including phenoxy) is 1. The van der Waals surface area contributed by atoms with Crippen molar-refractivity contribution in [3.63, 3.8) is 0 Å². The van der Waals surface area contributed by atoms with Crippen LogP contribution in [0.5, 0.6) is 5.75 Å². The van der Waals surface area contributed by atoms with E-state index in [1.54, 1.807) is 12.1 Å². The van der Waals surface area contributed by atoms with E-state index in [0.29, 0.717) is 17.7 Å². The Morgan fingerprint density at radius 2 is 2.10 bits per heavy atom. The van der Waals surface area contributed by atoms with Gasteiger partial charge in [-0.05, 0) is 23.2 Å². The van der Waals surface area contributed by atoms with E-state index in [-0.39, 0.29) is 18.2 Å². The molecule has 0 aromatic heterocycles. The molecule has 0 N–H and O–H groups in total. The molecule has 4 nitrogen and oxygen atoms in total. The van der Waals surface area contributed by atoms with E-state index >= 15 is 0 Å². The molecule has 1 aliphatic heterocycles. The first-order valence-corrected chi connectivity index (χ1v) is 6.44. The van der Waals surface area contributed by atoms with E-state index in [1.165, 1.54) is 12.1 Å². The molecule has 6 heteroatoms. The molecule has 0 fully saturated rings. The van der Waals surface area contributed by atoms with Gasteiger partial charge in [0.15, 0.2) is 0 Å². The summed E-state index contributed by atoms with van der Waals surface area (Å²) in [5.41, 5.74) is 10.1. The minimum Gasteiger partial charge on any atom is -0.489 e. The maximum absolute atomic E-state index is 13.9. The van der Waals surface area contributed by atoms with Crippen LogP contribution in [0.15, 0.2) is 41.5 Å². The fourth-order valence-electron chi connectivity index (χ4n) is 2.49. The Morgan fingerprint density at radius 3 is 2.86 bits per heavy atom. The van der Waals surface area contributed by atoms with Crippen molar-refractivity contribution >= 4 is 0 Å². The maximum atomic E-state index is 13.9. The van der Waals surface area contributed by atoms with Crippen LogP contribution < -0.4 is 4.74 Å². The number of fused-ring (bicyclic) bond motifs is 1. The number of azide groups is 1. The summed E-state index contributed by atoms with van der Waals surface area (Å²) < 4.78 is 32.7. The Hall–Kier alpha value is -2.59. The van der Waals surface area contributed by atoms with Gasteiger partial charge in [0.1, 0.15) is 23.5 Å². The predicted octanol–water partition coefficient (Wildman–Crippen LogP) is 4.25. The first kappa shape index (κ1) is 13.4. The maximum Gasteiger partial charge on any atom is 0.134 e. The topological polar surface area (TPSA) is 58.0 Å². The molecule has 2 aromatic carbocycles. The molecule has 21 heavy (non-hydrogen) atoms. The SMILES string of the molecule is [N-]=[N+]=NCC1Cc2cccc(-c3ccc(F)cc3F)c2O1. The van der Waals surface area contributed by atoms with Gasteiger partial charge in [-0.25, -0.2) is 8.78 Å². The first-order valence-electron chi connectivity index (χ1n) is 6.44. The molecule has 0 spiro atoms. The Bertz CT molecular complexity index is 742. The van der Waals surface area contributed by atoms with Gasteiger partial charge in [-0.1, -0.05) is 23.3 Å². The zero-order chi connectivity index (χ0) is 14.8. The lowest BCUT2D eigenvalue weighted by atomic mass is 10.00. The summed E-state index contributed by atoms with van der Waals surface area (Å²) in [6.07, 6.45) is 0.353. The zero-order valence-electron chi connectivity index (χ0n) is 11.0. The molecular weight excluding hydrogens is 276 g/mol. The molecule has 3 rings (SSSR count). The van der Waals surface area contributed by atoms with Gasteiger partial charge < -0.3 is 4.74 Å². The van der Waals surface area contributed by atoms with E-state index in [4.69, 9.17) is 10.3 Å². The van der Waals surface area contributed by atoms with Crippen molar-refractivity contribution in [2.45, 2.75) is 12.5 Å². The average Bonchev–Trinajstić information content (AvgIpc) is 2.88. The van der Waals surface area contributed by atoms with Gasteiger partial charge in [0.05, 0.1) is 6.54 Å². The lowest BCUT2D eigenvalue weighted by Crippen LogP contribution is -2.16. The Morgan fingerprint density at radius 1 is 1.24 bits per heavy atom. The first-order chi connectivity index (χ1) is 10.2. The van der Waals surface area contributed by atoms with Crippen LogP contribution in [-0.4, -0.2) is 12.6 Å². The molecule has 1 aliphatic rings. The molecule has 0 amide bonds. The largest absolute Gasteiger partial charge is 0.489 e. The third-order valence-electron chi connectivity index (χ3n) is 3.40. The van der Waals surface area contributed by atoms with E-state index in [0.717, 1.165) is 11.6 Å². The van der Waals surface area contributed by atoms with E-state index in [1.807, 2.05) is 6.07 Å². The highest BCUT2D eigenvalue weighted by Gasteiger charge is 2.26. The van der Waals surface area contributed by atoms with Gasteiger partial charge in [0.25, 0.3) is 0 Å². The highest BCUT2D eigenvalue weighted by molar-refractivity contribution is 5.73. The molecule has 1 atom stereocenters. The molecule has 0 bridgehead atoms. The minimum atomic E-state index is -0.634. The van der Waals surface area contributed by atoms with Crippen molar-refractivity contribution in [3.05, 3.63) is 64.0 Å². The van der Waals surface area contributed by atoms with Crippen LogP contribution in [-0.2, 0) is 6.42 Å². The number of hydrogen-bond donors (Lipinski definition) is 0. The minimum absolute atomic E-state index is 0.219. The van der Waals surface area contributed by atoms with Gasteiger partial charge in [-0.2, -0.15) is 0 Å². The summed E-state index contributed by atoms with van der Waals surface area (Å²) in [5.74, 6) is -0.683. The fraction of sp³-hybridized carbons (Fsp3) is 0.200. The van der Waals surface area contributed by atoms with Crippen LogP contribution in [0, 0.1) is 11.6 Å². The summed E-state index contributed by atoms with van der Waals surface area (Å²) in [6.45, 7) is 0.219. The Labute approximate surface area is 119 Å². The zero-order valence-corrected chi connectivity index (χ0v) is 11.0. The van der Waals surface area contributed by atoms with Crippen LogP contribution >= 0.6 is 0 Å². The quantitative estimate of drug-likeness (QED) is 0.473. The number of halogens is 2. The van der Waals surface area contributed by atoms with Gasteiger partial charge in [-0.15, -0.1) is 0 Å². The van der Waals surface area contributed by atoms with Gasteiger partial charge >= 0.3 is 0 Å². The van der Waals surface area contributed by atoms with E-state index in [2.05, 4.69) is 10.0 Å². The standard InChI is InChI=1S/C15H11F2N3O/c16-10-4-5-12(14(17)7-10)13-3-1-2-9-6-11(8-19-20-18)21-15(9)13/h1-5,7,11H,6,8H2. The van der Waals surface area contributed by atoms with Gasteiger partial charge in [0, 0.05) is 28.5 Å². The normalized spacial score (nSPS) is 16.0. The van der Waals surface area contributed by atoms with Crippen molar-refractivity contribution in [2.75, 3.05) is 6.54 Å². The average molecular weight is 287 g/mol. The number of hydrogen-bond acceptors (Lipinski definition) is 2. The number of nitrogens with zero attached hydrogens (tertiary/aromatic N) is 3. The van der Waals surface area contributed by atoms with Crippen molar-refractivity contribution in [3.8, 4) is 16.9 Å².